The van der Waals surface area contributed by atoms with Crippen LogP contribution in [0.1, 0.15) is 25.7 Å². The summed E-state index contributed by atoms with van der Waals surface area (Å²) in [5.41, 5.74) is 4.21. The van der Waals surface area contributed by atoms with Gasteiger partial charge in [0.1, 0.15) is 0 Å². The minimum Gasteiger partial charge on any atom is -0.314 e. The Morgan fingerprint density at radius 3 is 1.50 bits per heavy atom. The molecule has 1 saturated carbocycles. The van der Waals surface area contributed by atoms with E-state index in [1.54, 1.807) is 0 Å². The Balaban J connectivity index is 1.26. The number of rotatable bonds is 4. The maximum absolute atomic E-state index is 6.41. The Bertz CT molecular complexity index is 1030. The molecule has 144 valence electrons. The van der Waals surface area contributed by atoms with E-state index in [1.165, 1.54) is 25.7 Å². The van der Waals surface area contributed by atoms with Crippen LogP contribution >= 0.6 is 23.2 Å². The largest absolute Gasteiger partial charge is 0.314 e. The molecule has 4 aromatic rings. The minimum atomic E-state index is 0.597. The van der Waals surface area contributed by atoms with E-state index in [-0.39, 0.29) is 0 Å². The monoisotopic (exact) mass is 412 g/mol. The van der Waals surface area contributed by atoms with Gasteiger partial charge in [0.2, 0.25) is 10.6 Å². The molecule has 1 fully saturated rings. The molecule has 5 rings (SSSR count). The van der Waals surface area contributed by atoms with Crippen LogP contribution in [0.5, 0.6) is 0 Å². The summed E-state index contributed by atoms with van der Waals surface area (Å²) in [5, 5.41) is 1.19. The zero-order chi connectivity index (χ0) is 19.1. The summed E-state index contributed by atoms with van der Waals surface area (Å²) in [7, 11) is 0. The zero-order valence-electron chi connectivity index (χ0n) is 15.6. The quantitative estimate of drug-likeness (QED) is 0.399. The highest BCUT2D eigenvalue weighted by atomic mass is 35.5. The standard InChI is InChI=1S/C22H22Cl2N4/c23-21-25-17-5-1-3-7-19(17)27(21)13-15-9-11-16(12-10-15)14-28-20-8-4-2-6-18(20)26-22(28)24/h1-8,15-16H,9-14H2. The van der Waals surface area contributed by atoms with Crippen molar-refractivity contribution in [2.24, 2.45) is 11.8 Å². The van der Waals surface area contributed by atoms with Gasteiger partial charge in [0, 0.05) is 13.1 Å². The summed E-state index contributed by atoms with van der Waals surface area (Å²) in [5.74, 6) is 1.28. The number of hydrogen-bond acceptors (Lipinski definition) is 2. The molecule has 6 heteroatoms. The number of benzene rings is 2. The molecule has 0 radical (unpaired) electrons. The highest BCUT2D eigenvalue weighted by Crippen LogP contribution is 2.34. The molecule has 0 N–H and O–H groups in total. The number of aromatic nitrogens is 4. The molecule has 0 unspecified atom stereocenters. The van der Waals surface area contributed by atoms with Crippen molar-refractivity contribution in [3.05, 3.63) is 59.1 Å². The molecule has 2 aromatic heterocycles. The first kappa shape index (κ1) is 18.0. The molecule has 0 amide bonds. The van der Waals surface area contributed by atoms with Gasteiger partial charge in [-0.25, -0.2) is 9.97 Å². The molecule has 0 saturated heterocycles. The first-order chi connectivity index (χ1) is 13.7. The average Bonchev–Trinajstić information content (AvgIpc) is 3.20. The van der Waals surface area contributed by atoms with Crippen molar-refractivity contribution < 1.29 is 0 Å². The second kappa shape index (κ2) is 7.41. The van der Waals surface area contributed by atoms with Crippen LogP contribution in [0.4, 0.5) is 0 Å². The van der Waals surface area contributed by atoms with Crippen LogP contribution in [0.2, 0.25) is 10.6 Å². The molecule has 2 heterocycles. The van der Waals surface area contributed by atoms with Crippen LogP contribution in [-0.4, -0.2) is 19.1 Å². The van der Waals surface area contributed by atoms with Gasteiger partial charge in [0.15, 0.2) is 0 Å². The molecule has 0 aliphatic heterocycles. The summed E-state index contributed by atoms with van der Waals surface area (Å²) in [4.78, 5) is 8.97. The maximum Gasteiger partial charge on any atom is 0.203 e. The summed E-state index contributed by atoms with van der Waals surface area (Å²) in [6.07, 6.45) is 4.82. The van der Waals surface area contributed by atoms with Gasteiger partial charge in [-0.3, -0.25) is 0 Å². The fraction of sp³-hybridized carbons (Fsp3) is 0.364. The van der Waals surface area contributed by atoms with Gasteiger partial charge in [0.05, 0.1) is 22.1 Å². The van der Waals surface area contributed by atoms with Gasteiger partial charge < -0.3 is 9.13 Å². The third-order valence-electron chi connectivity index (χ3n) is 6.06. The summed E-state index contributed by atoms with van der Waals surface area (Å²) >= 11 is 12.8. The normalized spacial score (nSPS) is 20.2. The van der Waals surface area contributed by atoms with Gasteiger partial charge >= 0.3 is 0 Å². The van der Waals surface area contributed by atoms with Crippen molar-refractivity contribution in [2.75, 3.05) is 0 Å². The fourth-order valence-electron chi connectivity index (χ4n) is 4.55. The molecule has 28 heavy (non-hydrogen) atoms. The minimum absolute atomic E-state index is 0.597. The molecular weight excluding hydrogens is 391 g/mol. The molecule has 1 aliphatic rings. The van der Waals surface area contributed by atoms with Crippen LogP contribution in [0.15, 0.2) is 48.5 Å². The Labute approximate surface area is 174 Å². The van der Waals surface area contributed by atoms with Crippen LogP contribution in [-0.2, 0) is 13.1 Å². The summed E-state index contributed by atoms with van der Waals surface area (Å²) in [6.45, 7) is 1.89. The zero-order valence-corrected chi connectivity index (χ0v) is 17.1. The van der Waals surface area contributed by atoms with Crippen LogP contribution in [0.25, 0.3) is 22.1 Å². The lowest BCUT2D eigenvalue weighted by Crippen LogP contribution is -2.22. The van der Waals surface area contributed by atoms with Crippen LogP contribution in [0.3, 0.4) is 0 Å². The van der Waals surface area contributed by atoms with E-state index in [0.29, 0.717) is 22.4 Å². The molecule has 1 aliphatic carbocycles. The third-order valence-corrected chi connectivity index (χ3v) is 6.64. The second-order valence-electron chi connectivity index (χ2n) is 7.85. The molecule has 4 nitrogen and oxygen atoms in total. The Morgan fingerprint density at radius 1 is 0.679 bits per heavy atom. The molecule has 2 aromatic carbocycles. The van der Waals surface area contributed by atoms with E-state index in [4.69, 9.17) is 23.2 Å². The fourth-order valence-corrected chi connectivity index (χ4v) is 5.05. The van der Waals surface area contributed by atoms with E-state index in [0.717, 1.165) is 35.2 Å². The first-order valence-corrected chi connectivity index (χ1v) is 10.7. The smallest absolute Gasteiger partial charge is 0.203 e. The van der Waals surface area contributed by atoms with Gasteiger partial charge in [-0.2, -0.15) is 0 Å². The lowest BCUT2D eigenvalue weighted by atomic mass is 9.82. The second-order valence-corrected chi connectivity index (χ2v) is 8.52. The SMILES string of the molecule is Clc1nc2ccccc2n1CC1CCC(Cn2c(Cl)nc3ccccc32)CC1. The number of halogens is 2. The number of nitrogens with zero attached hydrogens (tertiary/aromatic N) is 4. The summed E-state index contributed by atoms with van der Waals surface area (Å²) in [6, 6.07) is 16.4. The highest BCUT2D eigenvalue weighted by molar-refractivity contribution is 6.29. The highest BCUT2D eigenvalue weighted by Gasteiger charge is 2.24. The van der Waals surface area contributed by atoms with Crippen molar-refractivity contribution in [3.63, 3.8) is 0 Å². The van der Waals surface area contributed by atoms with Gasteiger partial charge in [-0.05, 0) is 85.0 Å². The van der Waals surface area contributed by atoms with Crippen LogP contribution < -0.4 is 0 Å². The third kappa shape index (κ3) is 3.29. The Morgan fingerprint density at radius 2 is 1.07 bits per heavy atom. The Hall–Kier alpha value is -2.04. The molecule has 0 spiro atoms. The van der Waals surface area contributed by atoms with Crippen molar-refractivity contribution in [2.45, 2.75) is 38.8 Å². The van der Waals surface area contributed by atoms with E-state index in [2.05, 4.69) is 31.2 Å². The van der Waals surface area contributed by atoms with Crippen molar-refractivity contribution >= 4 is 45.3 Å². The van der Waals surface area contributed by atoms with Crippen molar-refractivity contribution in [1.82, 2.24) is 19.1 Å². The first-order valence-electron chi connectivity index (χ1n) is 9.90. The van der Waals surface area contributed by atoms with Crippen LogP contribution in [0, 0.1) is 11.8 Å². The van der Waals surface area contributed by atoms with E-state index in [9.17, 15) is 0 Å². The lowest BCUT2D eigenvalue weighted by molar-refractivity contribution is 0.236. The lowest BCUT2D eigenvalue weighted by Gasteiger charge is -2.29. The molecular formula is C22H22Cl2N4. The molecule has 0 bridgehead atoms. The number of fused-ring (bicyclic) bond motifs is 2. The predicted molar refractivity (Wildman–Crippen MR) is 115 cm³/mol. The summed E-state index contributed by atoms with van der Waals surface area (Å²) < 4.78 is 4.34. The van der Waals surface area contributed by atoms with E-state index in [1.807, 2.05) is 36.4 Å². The number of para-hydroxylation sites is 4. The average molecular weight is 413 g/mol. The predicted octanol–water partition coefficient (Wildman–Crippen LogP) is 6.20. The van der Waals surface area contributed by atoms with Crippen molar-refractivity contribution in [1.29, 1.82) is 0 Å². The number of hydrogen-bond donors (Lipinski definition) is 0. The Kier molecular flexibility index (Phi) is 4.77. The number of imidazole rings is 2. The van der Waals surface area contributed by atoms with Gasteiger partial charge in [-0.1, -0.05) is 24.3 Å². The molecule has 0 atom stereocenters. The topological polar surface area (TPSA) is 35.6 Å². The van der Waals surface area contributed by atoms with E-state index < -0.39 is 0 Å². The van der Waals surface area contributed by atoms with Gasteiger partial charge in [-0.15, -0.1) is 0 Å². The maximum atomic E-state index is 6.41. The van der Waals surface area contributed by atoms with E-state index >= 15 is 0 Å². The van der Waals surface area contributed by atoms with Gasteiger partial charge in [0.25, 0.3) is 0 Å². The van der Waals surface area contributed by atoms with Crippen molar-refractivity contribution in [3.8, 4) is 0 Å².